The number of hydrogen-bond acceptors (Lipinski definition) is 2. The molecule has 0 saturated carbocycles. The predicted molar refractivity (Wildman–Crippen MR) is 146 cm³/mol. The highest BCUT2D eigenvalue weighted by molar-refractivity contribution is 5.90. The summed E-state index contributed by atoms with van der Waals surface area (Å²) in [4.78, 5) is 15.9. The summed E-state index contributed by atoms with van der Waals surface area (Å²) in [6, 6.07) is 32.0. The lowest BCUT2D eigenvalue weighted by atomic mass is 10.00. The van der Waals surface area contributed by atoms with Crippen molar-refractivity contribution in [3.63, 3.8) is 0 Å². The summed E-state index contributed by atoms with van der Waals surface area (Å²) in [6.07, 6.45) is 2.85. The smallest absolute Gasteiger partial charge is 0.308 e. The number of carbonyl (C=O) groups is 1. The second-order valence-corrected chi connectivity index (χ2v) is 9.39. The summed E-state index contributed by atoms with van der Waals surface area (Å²) >= 11 is 0. The SMILES string of the molecule is CCc1nn(-c2ccccc2)c2c1CN(C(=O)Nc1ccccc1)C(c1cccc(C)c1)c1cccn1-2. The van der Waals surface area contributed by atoms with Crippen molar-refractivity contribution in [3.8, 4) is 11.5 Å². The highest BCUT2D eigenvalue weighted by Gasteiger charge is 2.36. The van der Waals surface area contributed by atoms with Crippen LogP contribution in [-0.4, -0.2) is 25.3 Å². The number of aromatic nitrogens is 3. The molecule has 1 aliphatic heterocycles. The Labute approximate surface area is 216 Å². The van der Waals surface area contributed by atoms with Crippen LogP contribution in [0.2, 0.25) is 0 Å². The largest absolute Gasteiger partial charge is 0.322 e. The van der Waals surface area contributed by atoms with Crippen molar-refractivity contribution < 1.29 is 4.79 Å². The molecule has 3 heterocycles. The third kappa shape index (κ3) is 4.10. The van der Waals surface area contributed by atoms with Gasteiger partial charge in [0.2, 0.25) is 0 Å². The van der Waals surface area contributed by atoms with Gasteiger partial charge < -0.3 is 14.8 Å². The fraction of sp³-hybridized carbons (Fsp3) is 0.161. The summed E-state index contributed by atoms with van der Waals surface area (Å²) < 4.78 is 4.22. The Balaban J connectivity index is 1.57. The molecule has 3 aromatic carbocycles. The average molecular weight is 488 g/mol. The minimum atomic E-state index is -0.278. The van der Waals surface area contributed by atoms with E-state index < -0.39 is 0 Å². The van der Waals surface area contributed by atoms with Gasteiger partial charge in [-0.25, -0.2) is 9.48 Å². The average Bonchev–Trinajstić information content (AvgIpc) is 3.51. The van der Waals surface area contributed by atoms with Crippen LogP contribution >= 0.6 is 0 Å². The van der Waals surface area contributed by atoms with E-state index in [0.29, 0.717) is 6.54 Å². The molecule has 1 atom stereocenters. The number of nitrogens with one attached hydrogen (secondary N) is 1. The highest BCUT2D eigenvalue weighted by Crippen LogP contribution is 2.39. The zero-order valence-corrected chi connectivity index (χ0v) is 21.0. The number of hydrogen-bond donors (Lipinski definition) is 1. The molecule has 1 unspecified atom stereocenters. The second-order valence-electron chi connectivity index (χ2n) is 9.39. The lowest BCUT2D eigenvalue weighted by Gasteiger charge is -2.31. The molecule has 0 radical (unpaired) electrons. The second kappa shape index (κ2) is 9.47. The molecule has 0 aliphatic carbocycles. The van der Waals surface area contributed by atoms with Gasteiger partial charge in [0, 0.05) is 17.4 Å². The molecule has 1 N–H and O–H groups in total. The number of rotatable bonds is 4. The Morgan fingerprint density at radius 2 is 1.70 bits per heavy atom. The van der Waals surface area contributed by atoms with Crippen molar-refractivity contribution in [2.24, 2.45) is 0 Å². The number of anilines is 1. The van der Waals surface area contributed by atoms with E-state index in [-0.39, 0.29) is 12.1 Å². The molecule has 1 aliphatic rings. The standard InChI is InChI=1S/C31H29N5O/c1-3-27-26-21-35(31(37)32-24-14-6-4-7-15-24)29(23-13-10-12-22(2)20-23)28-18-11-19-34(28)30(26)36(33-27)25-16-8-5-9-17-25/h4-20,29H,3,21H2,1-2H3,(H,32,37). The highest BCUT2D eigenvalue weighted by atomic mass is 16.2. The maximum Gasteiger partial charge on any atom is 0.322 e. The van der Waals surface area contributed by atoms with Gasteiger partial charge in [0.15, 0.2) is 0 Å². The molecule has 0 spiro atoms. The summed E-state index contributed by atoms with van der Waals surface area (Å²) in [7, 11) is 0. The van der Waals surface area contributed by atoms with Gasteiger partial charge in [-0.05, 0) is 55.3 Å². The Kier molecular flexibility index (Phi) is 5.85. The number of aryl methyl sites for hydroxylation is 2. The van der Waals surface area contributed by atoms with Crippen LogP contribution in [0.1, 0.15) is 41.0 Å². The third-order valence-electron chi connectivity index (χ3n) is 6.95. The van der Waals surface area contributed by atoms with Gasteiger partial charge in [0.05, 0.1) is 29.7 Å². The van der Waals surface area contributed by atoms with E-state index >= 15 is 0 Å². The quantitative estimate of drug-likeness (QED) is 0.308. The van der Waals surface area contributed by atoms with E-state index in [1.807, 2.05) is 58.1 Å². The number of fused-ring (bicyclic) bond motifs is 3. The maximum atomic E-state index is 14.0. The maximum absolute atomic E-state index is 14.0. The van der Waals surface area contributed by atoms with Crippen LogP contribution in [0.5, 0.6) is 0 Å². The van der Waals surface area contributed by atoms with Crippen molar-refractivity contribution in [3.05, 3.63) is 131 Å². The molecule has 0 fully saturated rings. The molecular weight excluding hydrogens is 458 g/mol. The molecule has 0 saturated heterocycles. The van der Waals surface area contributed by atoms with Gasteiger partial charge >= 0.3 is 6.03 Å². The summed E-state index contributed by atoms with van der Waals surface area (Å²) in [5.41, 5.74) is 7.06. The first-order valence-electron chi connectivity index (χ1n) is 12.7. The zero-order chi connectivity index (χ0) is 25.4. The van der Waals surface area contributed by atoms with E-state index in [4.69, 9.17) is 5.10 Å². The number of amides is 2. The molecule has 184 valence electrons. The van der Waals surface area contributed by atoms with Crippen LogP contribution in [0.3, 0.4) is 0 Å². The topological polar surface area (TPSA) is 55.1 Å². The van der Waals surface area contributed by atoms with Gasteiger partial charge in [-0.2, -0.15) is 5.10 Å². The van der Waals surface area contributed by atoms with Crippen LogP contribution in [0.15, 0.2) is 103 Å². The monoisotopic (exact) mass is 487 g/mol. The first-order chi connectivity index (χ1) is 18.1. The Bertz CT molecular complexity index is 1550. The molecular formula is C31H29N5O. The van der Waals surface area contributed by atoms with Crippen LogP contribution < -0.4 is 5.32 Å². The van der Waals surface area contributed by atoms with Crippen LogP contribution in [0.4, 0.5) is 10.5 Å². The first-order valence-corrected chi connectivity index (χ1v) is 12.7. The minimum absolute atomic E-state index is 0.146. The van der Waals surface area contributed by atoms with Crippen molar-refractivity contribution in [1.82, 2.24) is 19.2 Å². The molecule has 37 heavy (non-hydrogen) atoms. The van der Waals surface area contributed by atoms with Crippen LogP contribution in [0.25, 0.3) is 11.5 Å². The van der Waals surface area contributed by atoms with E-state index in [1.165, 1.54) is 0 Å². The molecule has 5 aromatic rings. The Morgan fingerprint density at radius 3 is 2.43 bits per heavy atom. The summed E-state index contributed by atoms with van der Waals surface area (Å²) in [5, 5.41) is 8.16. The third-order valence-corrected chi connectivity index (χ3v) is 6.95. The van der Waals surface area contributed by atoms with Crippen molar-refractivity contribution >= 4 is 11.7 Å². The molecule has 2 amide bonds. The summed E-state index contributed by atoms with van der Waals surface area (Å²) in [5.74, 6) is 0.982. The fourth-order valence-electron chi connectivity index (χ4n) is 5.26. The summed E-state index contributed by atoms with van der Waals surface area (Å²) in [6.45, 7) is 4.64. The minimum Gasteiger partial charge on any atom is -0.308 e. The number of nitrogens with zero attached hydrogens (tertiary/aromatic N) is 4. The van der Waals surface area contributed by atoms with Gasteiger partial charge in [-0.3, -0.25) is 0 Å². The fourth-order valence-corrected chi connectivity index (χ4v) is 5.26. The lowest BCUT2D eigenvalue weighted by Crippen LogP contribution is -2.38. The van der Waals surface area contributed by atoms with Crippen LogP contribution in [0, 0.1) is 6.92 Å². The van der Waals surface area contributed by atoms with Crippen molar-refractivity contribution in [1.29, 1.82) is 0 Å². The van der Waals surface area contributed by atoms with Gasteiger partial charge in [-0.1, -0.05) is 73.2 Å². The van der Waals surface area contributed by atoms with E-state index in [1.54, 1.807) is 0 Å². The number of carbonyl (C=O) groups excluding carboxylic acids is 1. The number of para-hydroxylation sites is 2. The Morgan fingerprint density at radius 1 is 0.946 bits per heavy atom. The molecule has 6 rings (SSSR count). The van der Waals surface area contributed by atoms with E-state index in [0.717, 1.165) is 51.7 Å². The zero-order valence-electron chi connectivity index (χ0n) is 21.0. The molecule has 0 bridgehead atoms. The Hall–Kier alpha value is -4.58. The lowest BCUT2D eigenvalue weighted by molar-refractivity contribution is 0.194. The molecule has 2 aromatic heterocycles. The number of urea groups is 1. The molecule has 6 nitrogen and oxygen atoms in total. The van der Waals surface area contributed by atoms with Crippen molar-refractivity contribution in [2.45, 2.75) is 32.9 Å². The number of benzene rings is 3. The van der Waals surface area contributed by atoms with E-state index in [9.17, 15) is 4.79 Å². The van der Waals surface area contributed by atoms with Gasteiger partial charge in [0.1, 0.15) is 5.82 Å². The first kappa shape index (κ1) is 22.9. The van der Waals surface area contributed by atoms with Crippen LogP contribution in [-0.2, 0) is 13.0 Å². The van der Waals surface area contributed by atoms with Gasteiger partial charge in [-0.15, -0.1) is 0 Å². The predicted octanol–water partition coefficient (Wildman–Crippen LogP) is 6.67. The molecule has 6 heteroatoms. The normalized spacial score (nSPS) is 14.5. The van der Waals surface area contributed by atoms with Crippen molar-refractivity contribution in [2.75, 3.05) is 5.32 Å². The van der Waals surface area contributed by atoms with Gasteiger partial charge in [0.25, 0.3) is 0 Å². The van der Waals surface area contributed by atoms with E-state index in [2.05, 4.69) is 78.5 Å².